The van der Waals surface area contributed by atoms with Crippen LogP contribution in [0.15, 0.2) is 52.3 Å². The van der Waals surface area contributed by atoms with Crippen LogP contribution >= 0.6 is 0 Å². The minimum atomic E-state index is -3.95. The molecule has 2 rings (SSSR count). The van der Waals surface area contributed by atoms with Crippen LogP contribution in [-0.4, -0.2) is 19.3 Å². The van der Waals surface area contributed by atoms with Crippen molar-refractivity contribution >= 4 is 21.6 Å². The molecular weight excluding hydrogens is 282 g/mol. The lowest BCUT2D eigenvalue weighted by atomic mass is 10.2. The molecule has 4 N–H and O–H groups in total. The van der Waals surface area contributed by atoms with Gasteiger partial charge in [-0.25, -0.2) is 13.6 Å². The number of sulfonamides is 1. The van der Waals surface area contributed by atoms with Gasteiger partial charge in [-0.1, -0.05) is 12.1 Å². The molecule has 0 atom stereocenters. The Morgan fingerprint density at radius 2 is 1.90 bits per heavy atom. The number of anilines is 1. The molecule has 7 nitrogen and oxygen atoms in total. The fourth-order valence-electron chi connectivity index (χ4n) is 1.60. The number of nitrogens with one attached hydrogen (secondary N) is 2. The molecule has 20 heavy (non-hydrogen) atoms. The minimum absolute atomic E-state index is 0.0558. The lowest BCUT2D eigenvalue weighted by Crippen LogP contribution is -2.19. The quantitative estimate of drug-likeness (QED) is 0.752. The van der Waals surface area contributed by atoms with Crippen LogP contribution in [0, 0.1) is 0 Å². The number of H-pyrrole nitrogens is 1. The third kappa shape index (κ3) is 3.11. The zero-order valence-electron chi connectivity index (χ0n) is 10.2. The summed E-state index contributed by atoms with van der Waals surface area (Å²) in [6.07, 6.45) is 1.32. The smallest absolute Gasteiger partial charge is 0.255 e. The highest BCUT2D eigenvalue weighted by atomic mass is 32.2. The van der Waals surface area contributed by atoms with Gasteiger partial charge in [-0.05, 0) is 18.2 Å². The number of aromatic amines is 1. The van der Waals surface area contributed by atoms with Gasteiger partial charge < -0.3 is 10.3 Å². The normalized spacial score (nSPS) is 11.1. The van der Waals surface area contributed by atoms with Gasteiger partial charge in [-0.2, -0.15) is 0 Å². The molecule has 1 amide bonds. The summed E-state index contributed by atoms with van der Waals surface area (Å²) in [4.78, 5) is 25.2. The largest absolute Gasteiger partial charge is 0.329 e. The van der Waals surface area contributed by atoms with Gasteiger partial charge in [-0.3, -0.25) is 9.59 Å². The highest BCUT2D eigenvalue weighted by molar-refractivity contribution is 7.89. The summed E-state index contributed by atoms with van der Waals surface area (Å²) < 4.78 is 22.8. The Balaban J connectivity index is 2.36. The van der Waals surface area contributed by atoms with Crippen LogP contribution in [0.25, 0.3) is 0 Å². The highest BCUT2D eigenvalue weighted by Crippen LogP contribution is 2.19. The van der Waals surface area contributed by atoms with E-state index in [1.165, 1.54) is 30.5 Å². The van der Waals surface area contributed by atoms with Crippen LogP contribution in [0.3, 0.4) is 0 Å². The number of rotatable bonds is 3. The second kappa shape index (κ2) is 5.27. The molecule has 0 aliphatic heterocycles. The fraction of sp³-hybridized carbons (Fsp3) is 0. The summed E-state index contributed by atoms with van der Waals surface area (Å²) in [5, 5.41) is 7.47. The lowest BCUT2D eigenvalue weighted by molar-refractivity contribution is 0.102. The number of pyridine rings is 1. The van der Waals surface area contributed by atoms with E-state index in [0.717, 1.165) is 6.07 Å². The summed E-state index contributed by atoms with van der Waals surface area (Å²) in [5.41, 5.74) is -0.268. The highest BCUT2D eigenvalue weighted by Gasteiger charge is 2.15. The predicted octanol–water partition coefficient (Wildman–Crippen LogP) is 0.275. The monoisotopic (exact) mass is 293 g/mol. The molecule has 0 unspecified atom stereocenters. The predicted molar refractivity (Wildman–Crippen MR) is 72.8 cm³/mol. The van der Waals surface area contributed by atoms with Gasteiger partial charge in [0.1, 0.15) is 4.90 Å². The number of para-hydroxylation sites is 1. The molecule has 1 heterocycles. The maximum Gasteiger partial charge on any atom is 0.255 e. The Morgan fingerprint density at radius 3 is 2.55 bits per heavy atom. The molecule has 1 aromatic heterocycles. The first-order valence-electron chi connectivity index (χ1n) is 5.50. The van der Waals surface area contributed by atoms with E-state index in [2.05, 4.69) is 10.3 Å². The number of carbonyl (C=O) groups is 1. The van der Waals surface area contributed by atoms with Crippen molar-refractivity contribution in [3.05, 3.63) is 58.5 Å². The molecule has 0 spiro atoms. The molecule has 0 radical (unpaired) electrons. The molecule has 0 bridgehead atoms. The maximum atomic E-state index is 11.9. The number of hydrogen-bond donors (Lipinski definition) is 3. The topological polar surface area (TPSA) is 122 Å². The Morgan fingerprint density at radius 1 is 1.20 bits per heavy atom. The van der Waals surface area contributed by atoms with Crippen molar-refractivity contribution in [2.75, 3.05) is 5.32 Å². The molecule has 0 fully saturated rings. The minimum Gasteiger partial charge on any atom is -0.329 e. The zero-order chi connectivity index (χ0) is 14.8. The van der Waals surface area contributed by atoms with Crippen LogP contribution in [0.4, 0.5) is 5.69 Å². The number of aromatic nitrogens is 1. The molecule has 0 aliphatic carbocycles. The molecule has 8 heteroatoms. The fourth-order valence-corrected chi connectivity index (χ4v) is 2.29. The number of nitrogens with two attached hydrogens (primary N) is 1. The van der Waals surface area contributed by atoms with Crippen LogP contribution in [0.2, 0.25) is 0 Å². The number of carbonyl (C=O) groups excluding carboxylic acids is 1. The number of primary sulfonamides is 1. The molecule has 104 valence electrons. The summed E-state index contributed by atoms with van der Waals surface area (Å²) in [6, 6.07) is 8.24. The van der Waals surface area contributed by atoms with E-state index in [0.29, 0.717) is 0 Å². The summed E-state index contributed by atoms with van der Waals surface area (Å²) in [6.45, 7) is 0. The second-order valence-electron chi connectivity index (χ2n) is 3.94. The molecule has 0 saturated heterocycles. The number of hydrogen-bond acceptors (Lipinski definition) is 4. The Hall–Kier alpha value is -2.45. The van der Waals surface area contributed by atoms with Crippen molar-refractivity contribution in [2.45, 2.75) is 4.90 Å². The van der Waals surface area contributed by atoms with Crippen molar-refractivity contribution in [1.82, 2.24) is 4.98 Å². The van der Waals surface area contributed by atoms with E-state index >= 15 is 0 Å². The van der Waals surface area contributed by atoms with Gasteiger partial charge in [0.05, 0.1) is 5.69 Å². The molecule has 1 aromatic carbocycles. The summed E-state index contributed by atoms with van der Waals surface area (Å²) >= 11 is 0. The second-order valence-corrected chi connectivity index (χ2v) is 5.47. The number of benzene rings is 1. The van der Waals surface area contributed by atoms with Gasteiger partial charge in [0.15, 0.2) is 0 Å². The van der Waals surface area contributed by atoms with E-state index in [1.807, 2.05) is 0 Å². The Kier molecular flexibility index (Phi) is 3.68. The van der Waals surface area contributed by atoms with Crippen LogP contribution in [0.1, 0.15) is 10.4 Å². The van der Waals surface area contributed by atoms with Crippen molar-refractivity contribution in [1.29, 1.82) is 0 Å². The van der Waals surface area contributed by atoms with Gasteiger partial charge in [0.25, 0.3) is 5.91 Å². The number of amides is 1. The Bertz CT molecular complexity index is 811. The van der Waals surface area contributed by atoms with Gasteiger partial charge in [-0.15, -0.1) is 0 Å². The zero-order valence-corrected chi connectivity index (χ0v) is 11.0. The van der Waals surface area contributed by atoms with Crippen LogP contribution in [-0.2, 0) is 10.0 Å². The average molecular weight is 293 g/mol. The standard InChI is InChI=1S/C12H11N3O4S/c13-20(18,19)10-4-2-1-3-9(10)15-12(17)8-5-6-14-11(16)7-8/h1-7H,(H,14,16)(H,15,17)(H2,13,18,19). The van der Waals surface area contributed by atoms with E-state index < -0.39 is 21.5 Å². The third-order valence-electron chi connectivity index (χ3n) is 2.48. The molecule has 0 saturated carbocycles. The SMILES string of the molecule is NS(=O)(=O)c1ccccc1NC(=O)c1cc[nH]c(=O)c1. The first-order valence-corrected chi connectivity index (χ1v) is 7.04. The van der Waals surface area contributed by atoms with E-state index in [-0.39, 0.29) is 16.1 Å². The van der Waals surface area contributed by atoms with E-state index in [1.54, 1.807) is 6.07 Å². The van der Waals surface area contributed by atoms with E-state index in [9.17, 15) is 18.0 Å². The van der Waals surface area contributed by atoms with Gasteiger partial charge in [0.2, 0.25) is 15.6 Å². The average Bonchev–Trinajstić information content (AvgIpc) is 2.38. The lowest BCUT2D eigenvalue weighted by Gasteiger charge is -2.09. The van der Waals surface area contributed by atoms with Crippen molar-refractivity contribution in [2.24, 2.45) is 5.14 Å². The van der Waals surface area contributed by atoms with Crippen molar-refractivity contribution in [3.8, 4) is 0 Å². The summed E-state index contributed by atoms with van der Waals surface area (Å²) in [5.74, 6) is -0.604. The van der Waals surface area contributed by atoms with Gasteiger partial charge in [0, 0.05) is 17.8 Å². The van der Waals surface area contributed by atoms with Crippen molar-refractivity contribution in [3.63, 3.8) is 0 Å². The van der Waals surface area contributed by atoms with Gasteiger partial charge >= 0.3 is 0 Å². The van der Waals surface area contributed by atoms with Crippen molar-refractivity contribution < 1.29 is 13.2 Å². The molecular formula is C12H11N3O4S. The van der Waals surface area contributed by atoms with E-state index in [4.69, 9.17) is 5.14 Å². The Labute approximate surface area is 114 Å². The third-order valence-corrected chi connectivity index (χ3v) is 3.45. The first kappa shape index (κ1) is 14.0. The molecule has 2 aromatic rings. The summed E-state index contributed by atoms with van der Waals surface area (Å²) in [7, 11) is -3.95. The van der Waals surface area contributed by atoms with Crippen LogP contribution in [0.5, 0.6) is 0 Å². The molecule has 0 aliphatic rings. The first-order chi connectivity index (χ1) is 9.38. The maximum absolute atomic E-state index is 11.9. The van der Waals surface area contributed by atoms with Crippen LogP contribution < -0.4 is 16.0 Å².